The zero-order valence-corrected chi connectivity index (χ0v) is 17.9. The number of unbranched alkanes of at least 4 members (excludes halogenated alkanes) is 2. The molecule has 0 saturated carbocycles. The van der Waals surface area contributed by atoms with Gasteiger partial charge >= 0.3 is 5.97 Å². The summed E-state index contributed by atoms with van der Waals surface area (Å²) in [6, 6.07) is 5.74. The summed E-state index contributed by atoms with van der Waals surface area (Å²) in [6.45, 7) is 13.4. The first-order valence-electron chi connectivity index (χ1n) is 9.12. The summed E-state index contributed by atoms with van der Waals surface area (Å²) >= 11 is 0. The molecule has 1 rings (SSSR count). The molecule has 0 bridgehead atoms. The second-order valence-corrected chi connectivity index (χ2v) is 12.7. The van der Waals surface area contributed by atoms with E-state index in [1.807, 2.05) is 18.2 Å². The van der Waals surface area contributed by atoms with E-state index in [9.17, 15) is 4.79 Å². The van der Waals surface area contributed by atoms with Crippen molar-refractivity contribution in [2.24, 2.45) is 0 Å². The monoisotopic (exact) mass is 366 g/mol. The Morgan fingerprint density at radius 1 is 1.12 bits per heavy atom. The van der Waals surface area contributed by atoms with Crippen molar-refractivity contribution in [2.45, 2.75) is 78.1 Å². The van der Waals surface area contributed by atoms with Crippen molar-refractivity contribution in [1.82, 2.24) is 0 Å². The predicted molar refractivity (Wildman–Crippen MR) is 105 cm³/mol. The topological polar surface area (TPSA) is 44.8 Å². The van der Waals surface area contributed by atoms with Gasteiger partial charge in [-0.05, 0) is 42.2 Å². The highest BCUT2D eigenvalue weighted by Gasteiger charge is 2.39. The van der Waals surface area contributed by atoms with E-state index < -0.39 is 8.32 Å². The van der Waals surface area contributed by atoms with Crippen molar-refractivity contribution in [3.05, 3.63) is 23.8 Å². The van der Waals surface area contributed by atoms with Gasteiger partial charge in [0.25, 0.3) is 8.32 Å². The molecule has 0 aromatic heterocycles. The molecule has 5 heteroatoms. The first-order valence-corrected chi connectivity index (χ1v) is 12.0. The van der Waals surface area contributed by atoms with Crippen LogP contribution in [0.3, 0.4) is 0 Å². The average molecular weight is 367 g/mol. The lowest BCUT2D eigenvalue weighted by Crippen LogP contribution is -2.43. The van der Waals surface area contributed by atoms with Gasteiger partial charge in [-0.3, -0.25) is 4.79 Å². The van der Waals surface area contributed by atoms with Gasteiger partial charge in [-0.1, -0.05) is 46.6 Å². The highest BCUT2D eigenvalue weighted by atomic mass is 28.4. The van der Waals surface area contributed by atoms with E-state index in [0.29, 0.717) is 12.2 Å². The molecular formula is C20H34O4Si. The van der Waals surface area contributed by atoms with Crippen LogP contribution >= 0.6 is 0 Å². The Morgan fingerprint density at radius 3 is 2.36 bits per heavy atom. The molecule has 1 aromatic rings. The van der Waals surface area contributed by atoms with Gasteiger partial charge in [0.1, 0.15) is 12.4 Å². The maximum atomic E-state index is 11.7. The van der Waals surface area contributed by atoms with Crippen LogP contribution in [0, 0.1) is 0 Å². The van der Waals surface area contributed by atoms with Crippen LogP contribution in [0.4, 0.5) is 0 Å². The van der Waals surface area contributed by atoms with E-state index in [1.54, 1.807) is 7.11 Å². The minimum atomic E-state index is -1.93. The standard InChI is InChI=1S/C20H34O4Si/c1-8-9-10-11-19(21)23-15-16-12-13-17(18(14-16)22-5)24-25(6,7)20(2,3)4/h12-14H,8-11,15H2,1-7H3. The molecule has 142 valence electrons. The number of methoxy groups -OCH3 is 1. The van der Waals surface area contributed by atoms with E-state index in [0.717, 1.165) is 30.6 Å². The van der Waals surface area contributed by atoms with Gasteiger partial charge in [-0.2, -0.15) is 0 Å². The highest BCUT2D eigenvalue weighted by Crippen LogP contribution is 2.40. The minimum Gasteiger partial charge on any atom is -0.541 e. The third-order valence-electron chi connectivity index (χ3n) is 4.78. The second kappa shape index (κ2) is 9.27. The molecule has 0 fully saturated rings. The van der Waals surface area contributed by atoms with Crippen LogP contribution in [0.1, 0.15) is 58.9 Å². The average Bonchev–Trinajstić information content (AvgIpc) is 2.52. The molecule has 4 nitrogen and oxygen atoms in total. The SMILES string of the molecule is CCCCCC(=O)OCc1ccc(O[Si](C)(C)C(C)(C)C)c(OC)c1. The molecule has 0 heterocycles. The van der Waals surface area contributed by atoms with Gasteiger partial charge in [-0.25, -0.2) is 0 Å². The van der Waals surface area contributed by atoms with Crippen molar-refractivity contribution < 1.29 is 18.7 Å². The van der Waals surface area contributed by atoms with Gasteiger partial charge < -0.3 is 13.9 Å². The molecule has 0 radical (unpaired) electrons. The van der Waals surface area contributed by atoms with E-state index in [2.05, 4.69) is 40.8 Å². The summed E-state index contributed by atoms with van der Waals surface area (Å²) in [7, 11) is -0.298. The number of carbonyl (C=O) groups excluding carboxylic acids is 1. The fourth-order valence-electron chi connectivity index (χ4n) is 2.07. The van der Waals surface area contributed by atoms with Crippen LogP contribution in [0.5, 0.6) is 11.5 Å². The van der Waals surface area contributed by atoms with Crippen molar-refractivity contribution in [3.63, 3.8) is 0 Å². The number of esters is 1. The largest absolute Gasteiger partial charge is 0.541 e. The van der Waals surface area contributed by atoms with E-state index in [-0.39, 0.29) is 17.6 Å². The number of hydrogen-bond donors (Lipinski definition) is 0. The summed E-state index contributed by atoms with van der Waals surface area (Å²) in [5.41, 5.74) is 0.906. The molecule has 25 heavy (non-hydrogen) atoms. The molecule has 0 atom stereocenters. The van der Waals surface area contributed by atoms with Crippen LogP contribution in [-0.2, 0) is 16.1 Å². The van der Waals surface area contributed by atoms with Crippen molar-refractivity contribution in [3.8, 4) is 11.5 Å². The Balaban J connectivity index is 2.74. The Morgan fingerprint density at radius 2 is 1.80 bits per heavy atom. The summed E-state index contributed by atoms with van der Waals surface area (Å²) in [5, 5.41) is 0.116. The molecule has 0 amide bonds. The van der Waals surface area contributed by atoms with E-state index >= 15 is 0 Å². The fourth-order valence-corrected chi connectivity index (χ4v) is 3.09. The number of rotatable bonds is 9. The van der Waals surface area contributed by atoms with Crippen LogP contribution in [-0.4, -0.2) is 21.4 Å². The summed E-state index contributed by atoms with van der Waals surface area (Å²) in [4.78, 5) is 11.7. The maximum Gasteiger partial charge on any atom is 0.306 e. The zero-order valence-electron chi connectivity index (χ0n) is 16.9. The normalized spacial score (nSPS) is 12.0. The van der Waals surface area contributed by atoms with E-state index in [4.69, 9.17) is 13.9 Å². The van der Waals surface area contributed by atoms with Crippen LogP contribution < -0.4 is 9.16 Å². The highest BCUT2D eigenvalue weighted by molar-refractivity contribution is 6.74. The van der Waals surface area contributed by atoms with E-state index in [1.165, 1.54) is 0 Å². The van der Waals surface area contributed by atoms with Crippen LogP contribution in [0.15, 0.2) is 18.2 Å². The molecule has 0 aliphatic rings. The third-order valence-corrected chi connectivity index (χ3v) is 9.13. The number of hydrogen-bond acceptors (Lipinski definition) is 4. The molecule has 0 aliphatic heterocycles. The van der Waals surface area contributed by atoms with Gasteiger partial charge in [-0.15, -0.1) is 0 Å². The Bertz CT molecular complexity index is 561. The lowest BCUT2D eigenvalue weighted by Gasteiger charge is -2.36. The lowest BCUT2D eigenvalue weighted by atomic mass is 10.2. The van der Waals surface area contributed by atoms with Crippen LogP contribution in [0.25, 0.3) is 0 Å². The number of carbonyl (C=O) groups is 1. The first-order chi connectivity index (χ1) is 11.6. The third kappa shape index (κ3) is 6.73. The lowest BCUT2D eigenvalue weighted by molar-refractivity contribution is -0.145. The van der Waals surface area contributed by atoms with Gasteiger partial charge in [0.2, 0.25) is 0 Å². The smallest absolute Gasteiger partial charge is 0.306 e. The predicted octanol–water partition coefficient (Wildman–Crippen LogP) is 5.70. The van der Waals surface area contributed by atoms with Gasteiger partial charge in [0, 0.05) is 6.42 Å². The number of benzene rings is 1. The van der Waals surface area contributed by atoms with Crippen LogP contribution in [0.2, 0.25) is 18.1 Å². The molecule has 1 aromatic carbocycles. The van der Waals surface area contributed by atoms with Gasteiger partial charge in [0.15, 0.2) is 5.75 Å². The van der Waals surface area contributed by atoms with Gasteiger partial charge in [0.05, 0.1) is 7.11 Å². The molecule has 0 N–H and O–H groups in total. The molecule has 0 aliphatic carbocycles. The maximum absolute atomic E-state index is 11.7. The Kier molecular flexibility index (Phi) is 7.99. The van der Waals surface area contributed by atoms with Crippen molar-refractivity contribution in [2.75, 3.05) is 7.11 Å². The second-order valence-electron chi connectivity index (χ2n) is 7.97. The molecular weight excluding hydrogens is 332 g/mol. The Labute approximate surface area is 154 Å². The van der Waals surface area contributed by atoms with Crippen molar-refractivity contribution in [1.29, 1.82) is 0 Å². The fraction of sp³-hybridized carbons (Fsp3) is 0.650. The number of ether oxygens (including phenoxy) is 2. The summed E-state index contributed by atoms with van der Waals surface area (Å²) in [5.74, 6) is 1.30. The molecule has 0 unspecified atom stereocenters. The summed E-state index contributed by atoms with van der Waals surface area (Å²) < 4.78 is 17.2. The molecule has 0 spiro atoms. The first kappa shape index (κ1) is 21.5. The Hall–Kier alpha value is -1.49. The zero-order chi connectivity index (χ0) is 19.1. The minimum absolute atomic E-state index is 0.116. The molecule has 0 saturated heterocycles. The quantitative estimate of drug-likeness (QED) is 0.319. The summed E-state index contributed by atoms with van der Waals surface area (Å²) in [6.07, 6.45) is 3.53. The van der Waals surface area contributed by atoms with Crippen molar-refractivity contribution >= 4 is 14.3 Å².